The highest BCUT2D eigenvalue weighted by Gasteiger charge is 2.20. The number of nitrogens with one attached hydrogen (secondary N) is 2. The van der Waals surface area contributed by atoms with Crippen molar-refractivity contribution >= 4 is 34.3 Å². The summed E-state index contributed by atoms with van der Waals surface area (Å²) in [7, 11) is 0. The average Bonchev–Trinajstić information content (AvgIpc) is 2.83. The number of hydrogen-bond donors (Lipinski definition) is 2. The second kappa shape index (κ2) is 10.2. The van der Waals surface area contributed by atoms with E-state index in [0.29, 0.717) is 28.8 Å². The van der Waals surface area contributed by atoms with Gasteiger partial charge in [-0.15, -0.1) is 0 Å². The predicted molar refractivity (Wildman–Crippen MR) is 127 cm³/mol. The van der Waals surface area contributed by atoms with E-state index >= 15 is 0 Å². The number of benzene rings is 4. The Kier molecular flexibility index (Phi) is 6.70. The lowest BCUT2D eigenvalue weighted by molar-refractivity contribution is 0.210. The number of carbonyl (C=O) groups excluding carboxylic acids is 2. The van der Waals surface area contributed by atoms with Crippen molar-refractivity contribution in [3.63, 3.8) is 0 Å². The SMILES string of the molecule is CCOc1cc(OC(=O)Nc2ccccc2)c2ccccc2c1OC(=O)Nc1ccccc1. The lowest BCUT2D eigenvalue weighted by Gasteiger charge is -2.17. The van der Waals surface area contributed by atoms with Gasteiger partial charge in [0.05, 0.1) is 6.61 Å². The van der Waals surface area contributed by atoms with Crippen LogP contribution in [0.25, 0.3) is 10.8 Å². The molecule has 0 aromatic heterocycles. The van der Waals surface area contributed by atoms with Gasteiger partial charge in [0.15, 0.2) is 11.5 Å². The number of ether oxygens (including phenoxy) is 3. The third kappa shape index (κ3) is 5.40. The predicted octanol–water partition coefficient (Wildman–Crippen LogP) is 6.46. The Balaban J connectivity index is 1.64. The fourth-order valence-corrected chi connectivity index (χ4v) is 3.27. The number of carbonyl (C=O) groups is 2. The Bertz CT molecular complexity index is 1260. The Morgan fingerprint density at radius 3 is 1.76 bits per heavy atom. The summed E-state index contributed by atoms with van der Waals surface area (Å²) in [5, 5.41) is 6.52. The van der Waals surface area contributed by atoms with Gasteiger partial charge in [-0.05, 0) is 31.2 Å². The zero-order valence-electron chi connectivity index (χ0n) is 17.9. The number of para-hydroxylation sites is 2. The summed E-state index contributed by atoms with van der Waals surface area (Å²) in [5.74, 6) is 0.789. The van der Waals surface area contributed by atoms with Crippen LogP contribution in [0, 0.1) is 0 Å². The molecule has 7 nitrogen and oxygen atoms in total. The molecule has 33 heavy (non-hydrogen) atoms. The minimum atomic E-state index is -0.664. The van der Waals surface area contributed by atoms with Crippen LogP contribution in [0.1, 0.15) is 6.92 Å². The molecule has 4 rings (SSSR count). The summed E-state index contributed by atoms with van der Waals surface area (Å²) in [6.07, 6.45) is -1.31. The Labute approximate surface area is 190 Å². The summed E-state index contributed by atoms with van der Waals surface area (Å²) >= 11 is 0. The maximum absolute atomic E-state index is 12.6. The van der Waals surface area contributed by atoms with Crippen molar-refractivity contribution in [3.05, 3.63) is 91.0 Å². The van der Waals surface area contributed by atoms with Crippen LogP contribution >= 0.6 is 0 Å². The van der Waals surface area contributed by atoms with Gasteiger partial charge in [0.2, 0.25) is 0 Å². The summed E-state index contributed by atoms with van der Waals surface area (Å²) in [5.41, 5.74) is 1.21. The molecule has 7 heteroatoms. The topological polar surface area (TPSA) is 85.9 Å². The van der Waals surface area contributed by atoms with Gasteiger partial charge < -0.3 is 14.2 Å². The van der Waals surface area contributed by atoms with Crippen LogP contribution in [0.15, 0.2) is 91.0 Å². The van der Waals surface area contributed by atoms with Gasteiger partial charge in [-0.25, -0.2) is 9.59 Å². The molecule has 0 fully saturated rings. The first kappa shape index (κ1) is 21.7. The normalized spacial score (nSPS) is 10.3. The van der Waals surface area contributed by atoms with Crippen molar-refractivity contribution in [2.45, 2.75) is 6.92 Å². The molecule has 0 heterocycles. The van der Waals surface area contributed by atoms with Crippen molar-refractivity contribution in [2.24, 2.45) is 0 Å². The Hall–Kier alpha value is -4.52. The molecule has 4 aromatic carbocycles. The lowest BCUT2D eigenvalue weighted by Crippen LogP contribution is -2.18. The van der Waals surface area contributed by atoms with Crippen molar-refractivity contribution in [3.8, 4) is 17.2 Å². The van der Waals surface area contributed by atoms with E-state index in [2.05, 4.69) is 10.6 Å². The molecular formula is C26H22N2O5. The molecule has 0 spiro atoms. The van der Waals surface area contributed by atoms with Crippen LogP contribution in [0.5, 0.6) is 17.2 Å². The molecule has 0 radical (unpaired) electrons. The van der Waals surface area contributed by atoms with Crippen LogP contribution in [-0.2, 0) is 0 Å². The van der Waals surface area contributed by atoms with Crippen LogP contribution < -0.4 is 24.8 Å². The molecule has 166 valence electrons. The minimum Gasteiger partial charge on any atom is -0.490 e. The first-order valence-corrected chi connectivity index (χ1v) is 10.4. The second-order valence-corrected chi connectivity index (χ2v) is 6.94. The van der Waals surface area contributed by atoms with Crippen LogP contribution in [0.2, 0.25) is 0 Å². The molecule has 0 atom stereocenters. The lowest BCUT2D eigenvalue weighted by atomic mass is 10.1. The molecule has 0 aliphatic heterocycles. The monoisotopic (exact) mass is 442 g/mol. The average molecular weight is 442 g/mol. The highest BCUT2D eigenvalue weighted by atomic mass is 16.6. The fourth-order valence-electron chi connectivity index (χ4n) is 3.27. The van der Waals surface area contributed by atoms with Gasteiger partial charge >= 0.3 is 12.2 Å². The molecule has 0 bridgehead atoms. The van der Waals surface area contributed by atoms with Gasteiger partial charge in [-0.1, -0.05) is 60.7 Å². The van der Waals surface area contributed by atoms with Crippen molar-refractivity contribution in [2.75, 3.05) is 17.2 Å². The smallest absolute Gasteiger partial charge is 0.417 e. The standard InChI is InChI=1S/C26H22N2O5/c1-2-31-23-17-22(32-25(29)27-18-11-5-3-6-12-18)20-15-9-10-16-21(20)24(23)33-26(30)28-19-13-7-4-8-14-19/h3-17H,2H2,1H3,(H,27,29)(H,28,30). The van der Waals surface area contributed by atoms with Crippen LogP contribution in [0.3, 0.4) is 0 Å². The summed E-state index contributed by atoms with van der Waals surface area (Å²) in [6, 6.07) is 26.7. The molecule has 0 aliphatic carbocycles. The van der Waals surface area contributed by atoms with Crippen LogP contribution in [-0.4, -0.2) is 18.8 Å². The second-order valence-electron chi connectivity index (χ2n) is 6.94. The van der Waals surface area contributed by atoms with E-state index in [1.807, 2.05) is 43.3 Å². The molecule has 2 amide bonds. The number of anilines is 2. The van der Waals surface area contributed by atoms with E-state index in [4.69, 9.17) is 14.2 Å². The summed E-state index contributed by atoms with van der Waals surface area (Å²) in [4.78, 5) is 25.1. The first-order valence-electron chi connectivity index (χ1n) is 10.4. The summed E-state index contributed by atoms with van der Waals surface area (Å²) in [6.45, 7) is 2.14. The van der Waals surface area contributed by atoms with E-state index in [1.165, 1.54) is 0 Å². The fraction of sp³-hybridized carbons (Fsp3) is 0.0769. The first-order chi connectivity index (χ1) is 16.1. The molecule has 0 saturated heterocycles. The largest absolute Gasteiger partial charge is 0.490 e. The van der Waals surface area contributed by atoms with E-state index in [9.17, 15) is 9.59 Å². The van der Waals surface area contributed by atoms with Gasteiger partial charge in [0.1, 0.15) is 5.75 Å². The van der Waals surface area contributed by atoms with E-state index < -0.39 is 12.2 Å². The molecule has 0 unspecified atom stereocenters. The third-order valence-corrected chi connectivity index (χ3v) is 4.66. The minimum absolute atomic E-state index is 0.233. The van der Waals surface area contributed by atoms with Gasteiger partial charge in [-0.3, -0.25) is 10.6 Å². The number of rotatable bonds is 6. The van der Waals surface area contributed by atoms with E-state index in [-0.39, 0.29) is 17.2 Å². The maximum Gasteiger partial charge on any atom is 0.417 e. The molecule has 0 aliphatic rings. The van der Waals surface area contributed by atoms with Gasteiger partial charge in [0.25, 0.3) is 0 Å². The zero-order valence-corrected chi connectivity index (χ0v) is 17.9. The van der Waals surface area contributed by atoms with Gasteiger partial charge in [0, 0.05) is 28.2 Å². The third-order valence-electron chi connectivity index (χ3n) is 4.66. The Morgan fingerprint density at radius 1 is 0.667 bits per heavy atom. The van der Waals surface area contributed by atoms with Crippen molar-refractivity contribution in [1.29, 1.82) is 0 Å². The molecule has 4 aromatic rings. The molecule has 0 saturated carbocycles. The number of fused-ring (bicyclic) bond motifs is 1. The highest BCUT2D eigenvalue weighted by molar-refractivity contribution is 6.00. The quantitative estimate of drug-likeness (QED) is 0.358. The molecule has 2 N–H and O–H groups in total. The Morgan fingerprint density at radius 2 is 1.18 bits per heavy atom. The maximum atomic E-state index is 12.6. The number of hydrogen-bond acceptors (Lipinski definition) is 5. The zero-order chi connectivity index (χ0) is 23.0. The number of amides is 2. The van der Waals surface area contributed by atoms with Crippen molar-refractivity contribution in [1.82, 2.24) is 0 Å². The van der Waals surface area contributed by atoms with Crippen molar-refractivity contribution < 1.29 is 23.8 Å². The van der Waals surface area contributed by atoms with E-state index in [0.717, 1.165) is 0 Å². The van der Waals surface area contributed by atoms with Gasteiger partial charge in [-0.2, -0.15) is 0 Å². The van der Waals surface area contributed by atoms with E-state index in [1.54, 1.807) is 54.6 Å². The summed E-state index contributed by atoms with van der Waals surface area (Å²) < 4.78 is 16.9. The highest BCUT2D eigenvalue weighted by Crippen LogP contribution is 2.42. The van der Waals surface area contributed by atoms with Crippen LogP contribution in [0.4, 0.5) is 21.0 Å². The molecular weight excluding hydrogens is 420 g/mol.